The van der Waals surface area contributed by atoms with Crippen molar-refractivity contribution in [2.24, 2.45) is 0 Å². The number of benzene rings is 4. The van der Waals surface area contributed by atoms with Gasteiger partial charge in [0.15, 0.2) is 0 Å². The predicted octanol–water partition coefficient (Wildman–Crippen LogP) is -1.25. The Hall–Kier alpha value is -1.97. The van der Waals surface area contributed by atoms with Crippen LogP contribution in [0.1, 0.15) is 87.1 Å². The molecule has 0 aliphatic rings. The Morgan fingerprint density at radius 1 is 0.500 bits per heavy atom. The molecule has 0 saturated heterocycles. The Kier molecular flexibility index (Phi) is 16.1. The number of hydrogen-bond acceptors (Lipinski definition) is 0. The summed E-state index contributed by atoms with van der Waals surface area (Å²) in [6, 6.07) is 46.7. The van der Waals surface area contributed by atoms with Crippen molar-refractivity contribution in [3.63, 3.8) is 0 Å². The van der Waals surface area contributed by atoms with E-state index in [1.807, 2.05) is 0 Å². The van der Waals surface area contributed by atoms with Gasteiger partial charge in [0.25, 0.3) is 0 Å². The Labute approximate surface area is 300 Å². The summed E-state index contributed by atoms with van der Waals surface area (Å²) in [7, 11) is -2.68. The summed E-state index contributed by atoms with van der Waals surface area (Å²) in [5.41, 5.74) is 7.03. The van der Waals surface area contributed by atoms with Crippen LogP contribution in [0.5, 0.6) is 0 Å². The monoisotopic (exact) mass is 692 g/mol. The van der Waals surface area contributed by atoms with Crippen LogP contribution < -0.4 is 58.0 Å². The third-order valence-corrected chi connectivity index (χ3v) is 13.3. The largest absolute Gasteiger partial charge is 4.00 e. The molecule has 0 atom stereocenters. The molecule has 0 heterocycles. The minimum Gasteiger partial charge on any atom is -1.00 e. The summed E-state index contributed by atoms with van der Waals surface area (Å²) in [5.74, 6) is 1.41. The third kappa shape index (κ3) is 8.24. The van der Waals surface area contributed by atoms with Gasteiger partial charge in [-0.25, -0.2) is 12.1 Å². The Balaban J connectivity index is 0.00000242. The van der Waals surface area contributed by atoms with Crippen LogP contribution in [0.25, 0.3) is 0 Å². The van der Waals surface area contributed by atoms with Crippen LogP contribution in [0.15, 0.2) is 121 Å². The van der Waals surface area contributed by atoms with Crippen molar-refractivity contribution < 1.29 is 58.9 Å². The summed E-state index contributed by atoms with van der Waals surface area (Å²) < 4.78 is 0. The topological polar surface area (TPSA) is 0 Å². The fourth-order valence-electron chi connectivity index (χ4n) is 6.15. The molecule has 0 aliphatic heterocycles. The minimum atomic E-state index is -2.68. The van der Waals surface area contributed by atoms with Gasteiger partial charge >= 0.3 is 21.7 Å². The molecule has 0 radical (unpaired) electrons. The van der Waals surface area contributed by atoms with Crippen molar-refractivity contribution in [1.29, 1.82) is 0 Å². The second-order valence-corrected chi connectivity index (χ2v) is 16.0. The molecule has 228 valence electrons. The van der Waals surface area contributed by atoms with Crippen LogP contribution in [-0.2, 0) is 28.1 Å². The van der Waals surface area contributed by atoms with Crippen LogP contribution in [-0.4, -0.2) is 8.07 Å². The zero-order valence-electron chi connectivity index (χ0n) is 26.6. The number of rotatable bonds is 9. The van der Waals surface area contributed by atoms with Crippen molar-refractivity contribution in [3.05, 3.63) is 149 Å². The smallest absolute Gasteiger partial charge is 1.00 e. The van der Waals surface area contributed by atoms with Crippen molar-refractivity contribution in [2.75, 3.05) is 0 Å². The maximum atomic E-state index is 2.53. The molecule has 0 amide bonds. The van der Waals surface area contributed by atoms with E-state index in [9.17, 15) is 0 Å². The maximum Gasteiger partial charge on any atom is 4.00 e. The molecule has 0 spiro atoms. The first-order valence-corrected chi connectivity index (χ1v) is 16.9. The van der Waals surface area contributed by atoms with Crippen molar-refractivity contribution >= 4 is 28.8 Å². The normalized spacial score (nSPS) is 10.9. The van der Waals surface area contributed by atoms with Crippen molar-refractivity contribution in [1.82, 2.24) is 0 Å². The van der Waals surface area contributed by atoms with Crippen molar-refractivity contribution in [3.8, 4) is 0 Å². The van der Waals surface area contributed by atoms with Crippen LogP contribution in [0, 0.1) is 0 Å². The van der Waals surface area contributed by atoms with Gasteiger partial charge in [0, 0.05) is 0 Å². The Morgan fingerprint density at radius 2 is 0.909 bits per heavy atom. The molecule has 0 aliphatic carbocycles. The Morgan fingerprint density at radius 3 is 1.30 bits per heavy atom. The quantitative estimate of drug-likeness (QED) is 0.103. The average molecular weight is 694 g/mol. The number of hydrogen-bond donors (Lipinski definition) is 0. The molecular weight excluding hydrogens is 651 g/mol. The van der Waals surface area contributed by atoms with Gasteiger partial charge in [0.05, 0.1) is 0 Å². The molecule has 0 N–H and O–H groups in total. The molecule has 0 saturated carbocycles. The summed E-state index contributed by atoms with van der Waals surface area (Å²) in [6.07, 6.45) is 0.940. The zero-order valence-corrected chi connectivity index (χ0v) is 31.4. The minimum absolute atomic E-state index is 0. The SMILES string of the molecule is CC(C)c1cccc([Si](c2cccc(C(C)C)c2)(c2cccc(C(C)C)c2)[c-]2cccc2Cc2ccccc2)c1.[Cl-].[Cl-].[Cl-].[Ti+4]. The first-order valence-electron chi connectivity index (χ1n) is 14.9. The van der Waals surface area contributed by atoms with E-state index in [2.05, 4.69) is 163 Å². The summed E-state index contributed by atoms with van der Waals surface area (Å²) >= 11 is 0. The van der Waals surface area contributed by atoms with Gasteiger partial charge in [0.2, 0.25) is 0 Å². The second-order valence-electron chi connectivity index (χ2n) is 12.2. The predicted molar refractivity (Wildman–Crippen MR) is 177 cm³/mol. The molecule has 0 aromatic heterocycles. The van der Waals surface area contributed by atoms with Gasteiger partial charge in [-0.3, -0.25) is 0 Å². The summed E-state index contributed by atoms with van der Waals surface area (Å²) in [5, 5.41) is 5.93. The summed E-state index contributed by atoms with van der Waals surface area (Å²) in [4.78, 5) is 0. The van der Waals surface area contributed by atoms with Crippen LogP contribution >= 0.6 is 0 Å². The first kappa shape index (κ1) is 40.1. The van der Waals surface area contributed by atoms with Crippen LogP contribution in [0.2, 0.25) is 0 Å². The van der Waals surface area contributed by atoms with Gasteiger partial charge in [-0.1, -0.05) is 160 Å². The van der Waals surface area contributed by atoms with Crippen LogP contribution in [0.4, 0.5) is 0 Å². The van der Waals surface area contributed by atoms with E-state index in [0.29, 0.717) is 17.8 Å². The van der Waals surface area contributed by atoms with Gasteiger partial charge in [-0.05, 0) is 46.4 Å². The molecule has 0 fully saturated rings. The molecule has 0 bridgehead atoms. The van der Waals surface area contributed by atoms with Gasteiger partial charge in [0.1, 0.15) is 8.07 Å². The van der Waals surface area contributed by atoms with Crippen LogP contribution in [0.3, 0.4) is 0 Å². The molecule has 44 heavy (non-hydrogen) atoms. The van der Waals surface area contributed by atoms with Gasteiger partial charge in [-0.15, -0.1) is 5.19 Å². The van der Waals surface area contributed by atoms with Gasteiger partial charge < -0.3 is 37.2 Å². The first-order chi connectivity index (χ1) is 19.3. The van der Waals surface area contributed by atoms with E-state index in [1.165, 1.54) is 48.6 Å². The molecular formula is C39H43Cl3SiTi. The van der Waals surface area contributed by atoms with Crippen molar-refractivity contribution in [2.45, 2.75) is 65.7 Å². The average Bonchev–Trinajstić information content (AvgIpc) is 3.42. The fourth-order valence-corrected chi connectivity index (χ4v) is 11.3. The molecule has 5 aromatic carbocycles. The molecule has 5 aromatic rings. The maximum absolute atomic E-state index is 2.68. The Bertz CT molecular complexity index is 1450. The standard InChI is InChI=1S/C39H43Si.3ClH.Ti/c1-28(2)32-16-10-20-36(25-32)40(37-21-11-17-33(26-37)29(3)4,38-22-12-18-34(27-38)30(5)6)39-23-13-19-35(39)24-31-14-8-7-9-15-31;;;;/h7-23,25-30H,24H2,1-6H3;3*1H;/q-1;;;;+4/p-3. The van der Waals surface area contributed by atoms with E-state index in [0.717, 1.165) is 6.42 Å². The molecule has 5 heteroatoms. The van der Waals surface area contributed by atoms with E-state index in [1.54, 1.807) is 0 Å². The zero-order chi connectivity index (χ0) is 28.3. The number of halogens is 3. The van der Waals surface area contributed by atoms with Gasteiger partial charge in [-0.2, -0.15) is 11.6 Å². The molecule has 0 unspecified atom stereocenters. The third-order valence-electron chi connectivity index (χ3n) is 8.51. The van der Waals surface area contributed by atoms with E-state index < -0.39 is 8.07 Å². The molecule has 0 nitrogen and oxygen atoms in total. The molecule has 5 rings (SSSR count). The van der Waals surface area contributed by atoms with E-state index in [4.69, 9.17) is 0 Å². The second kappa shape index (κ2) is 17.7. The van der Waals surface area contributed by atoms with E-state index >= 15 is 0 Å². The summed E-state index contributed by atoms with van der Waals surface area (Å²) in [6.45, 7) is 13.9. The van der Waals surface area contributed by atoms with E-state index in [-0.39, 0.29) is 58.9 Å². The fraction of sp³-hybridized carbons (Fsp3) is 0.256.